The van der Waals surface area contributed by atoms with E-state index in [1.807, 2.05) is 0 Å². The molecule has 2 rings (SSSR count). The number of amides is 1. The monoisotopic (exact) mass is 400 g/mol. The van der Waals surface area contributed by atoms with Gasteiger partial charge in [-0.1, -0.05) is 12.1 Å². The molecule has 0 saturated heterocycles. The zero-order valence-electron chi connectivity index (χ0n) is 14.3. The van der Waals surface area contributed by atoms with Crippen molar-refractivity contribution in [2.45, 2.75) is 17.9 Å². The number of ether oxygens (including phenoxy) is 2. The van der Waals surface area contributed by atoms with Crippen LogP contribution in [-0.2, 0) is 16.4 Å². The molecule has 3 N–H and O–H groups in total. The molecule has 0 aliphatic heterocycles. The number of hydrogen-bond donors (Lipinski definition) is 2. The zero-order chi connectivity index (χ0) is 20.0. The summed E-state index contributed by atoms with van der Waals surface area (Å²) in [4.78, 5) is 12.2. The van der Waals surface area contributed by atoms with Crippen LogP contribution in [0.5, 0.6) is 11.5 Å². The Morgan fingerprint density at radius 2 is 1.81 bits per heavy atom. The molecule has 2 aromatic rings. The van der Waals surface area contributed by atoms with Crippen molar-refractivity contribution in [3.8, 4) is 11.5 Å². The zero-order valence-corrected chi connectivity index (χ0v) is 15.1. The van der Waals surface area contributed by atoms with Crippen molar-refractivity contribution in [3.63, 3.8) is 0 Å². The van der Waals surface area contributed by atoms with Crippen molar-refractivity contribution in [1.29, 1.82) is 0 Å². The average Bonchev–Trinajstić information content (AvgIpc) is 2.60. The first-order valence-corrected chi connectivity index (χ1v) is 9.28. The van der Waals surface area contributed by atoms with E-state index in [1.54, 1.807) is 12.1 Å². The Hall–Kier alpha value is -2.72. The average molecular weight is 400 g/mol. The molecule has 0 spiro atoms. The fourth-order valence-corrected chi connectivity index (χ4v) is 2.79. The SMILES string of the molecule is COc1ccc(C(=O)NCCc2ccc(S(N)(=O)=O)cc2)cc1OC(F)F. The van der Waals surface area contributed by atoms with Crippen LogP contribution in [0, 0.1) is 0 Å². The minimum atomic E-state index is -3.75. The third-order valence-corrected chi connectivity index (χ3v) is 4.52. The number of nitrogens with one attached hydrogen (secondary N) is 1. The quantitative estimate of drug-likeness (QED) is 0.704. The van der Waals surface area contributed by atoms with E-state index in [-0.39, 0.29) is 28.5 Å². The Morgan fingerprint density at radius 3 is 2.37 bits per heavy atom. The van der Waals surface area contributed by atoms with Crippen LogP contribution < -0.4 is 19.9 Å². The highest BCUT2D eigenvalue weighted by Gasteiger charge is 2.14. The standard InChI is InChI=1S/C17H18F2N2O5S/c1-25-14-7-4-12(10-15(14)26-17(18)19)16(22)21-9-8-11-2-5-13(6-3-11)27(20,23)24/h2-7,10,17H,8-9H2,1H3,(H,21,22)(H2,20,23,24). The number of halogens is 2. The summed E-state index contributed by atoms with van der Waals surface area (Å²) in [7, 11) is -2.45. The molecule has 0 saturated carbocycles. The van der Waals surface area contributed by atoms with Crippen molar-refractivity contribution in [2.75, 3.05) is 13.7 Å². The molecule has 1 amide bonds. The largest absolute Gasteiger partial charge is 0.493 e. The molecule has 0 atom stereocenters. The predicted molar refractivity (Wildman–Crippen MR) is 93.5 cm³/mol. The van der Waals surface area contributed by atoms with Gasteiger partial charge in [0.05, 0.1) is 12.0 Å². The molecular weight excluding hydrogens is 382 g/mol. The highest BCUT2D eigenvalue weighted by Crippen LogP contribution is 2.29. The van der Waals surface area contributed by atoms with E-state index in [9.17, 15) is 22.0 Å². The topological polar surface area (TPSA) is 108 Å². The van der Waals surface area contributed by atoms with E-state index in [0.717, 1.165) is 5.56 Å². The van der Waals surface area contributed by atoms with Crippen LogP contribution in [0.4, 0.5) is 8.78 Å². The first kappa shape index (κ1) is 20.6. The molecule has 0 heterocycles. The van der Waals surface area contributed by atoms with Crippen molar-refractivity contribution >= 4 is 15.9 Å². The number of sulfonamides is 1. The predicted octanol–water partition coefficient (Wildman–Crippen LogP) is 1.92. The van der Waals surface area contributed by atoms with Gasteiger partial charge in [-0.2, -0.15) is 8.78 Å². The molecule has 0 aliphatic carbocycles. The normalized spacial score (nSPS) is 11.3. The minimum Gasteiger partial charge on any atom is -0.493 e. The van der Waals surface area contributed by atoms with Crippen molar-refractivity contribution in [1.82, 2.24) is 5.32 Å². The molecule has 0 unspecified atom stereocenters. The first-order chi connectivity index (χ1) is 12.7. The van der Waals surface area contributed by atoms with E-state index in [1.165, 1.54) is 37.4 Å². The van der Waals surface area contributed by atoms with Gasteiger partial charge in [0.2, 0.25) is 10.0 Å². The number of alkyl halides is 2. The van der Waals surface area contributed by atoms with Crippen LogP contribution >= 0.6 is 0 Å². The lowest BCUT2D eigenvalue weighted by atomic mass is 10.1. The van der Waals surface area contributed by atoms with Gasteiger partial charge >= 0.3 is 6.61 Å². The van der Waals surface area contributed by atoms with Crippen LogP contribution in [0.15, 0.2) is 47.4 Å². The third kappa shape index (κ3) is 5.90. The molecule has 0 bridgehead atoms. The minimum absolute atomic E-state index is 0.0000721. The Balaban J connectivity index is 1.97. The van der Waals surface area contributed by atoms with E-state index >= 15 is 0 Å². The maximum absolute atomic E-state index is 12.4. The van der Waals surface area contributed by atoms with Crippen LogP contribution in [0.3, 0.4) is 0 Å². The van der Waals surface area contributed by atoms with Gasteiger partial charge < -0.3 is 14.8 Å². The van der Waals surface area contributed by atoms with Gasteiger partial charge in [0.1, 0.15) is 0 Å². The highest BCUT2D eigenvalue weighted by molar-refractivity contribution is 7.89. The number of carbonyl (C=O) groups is 1. The summed E-state index contributed by atoms with van der Waals surface area (Å²) in [6.45, 7) is -2.79. The Labute approximate surface area is 155 Å². The van der Waals surface area contributed by atoms with Gasteiger partial charge in [-0.15, -0.1) is 0 Å². The summed E-state index contributed by atoms with van der Waals surface area (Å²) in [6, 6.07) is 9.89. The number of methoxy groups -OCH3 is 1. The van der Waals surface area contributed by atoms with E-state index in [4.69, 9.17) is 9.88 Å². The van der Waals surface area contributed by atoms with Gasteiger partial charge in [0.25, 0.3) is 5.91 Å². The third-order valence-electron chi connectivity index (χ3n) is 3.59. The van der Waals surface area contributed by atoms with Crippen LogP contribution in [-0.4, -0.2) is 34.6 Å². The Bertz CT molecular complexity index is 902. The van der Waals surface area contributed by atoms with Crippen LogP contribution in [0.25, 0.3) is 0 Å². The van der Waals surface area contributed by atoms with Gasteiger partial charge in [-0.25, -0.2) is 13.6 Å². The molecule has 0 radical (unpaired) electrons. The fraction of sp³-hybridized carbons (Fsp3) is 0.235. The van der Waals surface area contributed by atoms with E-state index in [2.05, 4.69) is 10.1 Å². The maximum Gasteiger partial charge on any atom is 0.387 e. The van der Waals surface area contributed by atoms with Crippen LogP contribution in [0.1, 0.15) is 15.9 Å². The van der Waals surface area contributed by atoms with Crippen molar-refractivity contribution < 1.29 is 31.5 Å². The second-order valence-electron chi connectivity index (χ2n) is 5.44. The van der Waals surface area contributed by atoms with Gasteiger partial charge in [0.15, 0.2) is 11.5 Å². The summed E-state index contributed by atoms with van der Waals surface area (Å²) in [5, 5.41) is 7.67. The lowest BCUT2D eigenvalue weighted by Gasteiger charge is -2.12. The Kier molecular flexibility index (Phi) is 6.70. The first-order valence-electron chi connectivity index (χ1n) is 7.73. The maximum atomic E-state index is 12.4. The molecule has 0 aliphatic rings. The number of hydrogen-bond acceptors (Lipinski definition) is 5. The summed E-state index contributed by atoms with van der Waals surface area (Å²) >= 11 is 0. The molecule has 7 nitrogen and oxygen atoms in total. The van der Waals surface area contributed by atoms with Gasteiger partial charge in [0, 0.05) is 12.1 Å². The summed E-state index contributed by atoms with van der Waals surface area (Å²) in [5.74, 6) is -0.626. The summed E-state index contributed by atoms with van der Waals surface area (Å²) in [6.07, 6.45) is 0.438. The van der Waals surface area contributed by atoms with Gasteiger partial charge in [-0.05, 0) is 42.3 Å². The number of primary sulfonamides is 1. The van der Waals surface area contributed by atoms with Crippen LogP contribution in [0.2, 0.25) is 0 Å². The summed E-state index contributed by atoms with van der Waals surface area (Å²) < 4.78 is 56.5. The molecule has 10 heteroatoms. The lowest BCUT2D eigenvalue weighted by Crippen LogP contribution is -2.25. The van der Waals surface area contributed by atoms with Crippen molar-refractivity contribution in [3.05, 3.63) is 53.6 Å². The number of benzene rings is 2. The molecular formula is C17H18F2N2O5S. The molecule has 2 aromatic carbocycles. The number of nitrogens with two attached hydrogens (primary N) is 1. The molecule has 0 fully saturated rings. The van der Waals surface area contributed by atoms with E-state index in [0.29, 0.717) is 6.42 Å². The number of carbonyl (C=O) groups excluding carboxylic acids is 1. The second-order valence-corrected chi connectivity index (χ2v) is 7.00. The lowest BCUT2D eigenvalue weighted by molar-refractivity contribution is -0.0512. The van der Waals surface area contributed by atoms with E-state index < -0.39 is 22.5 Å². The highest BCUT2D eigenvalue weighted by atomic mass is 32.2. The fourth-order valence-electron chi connectivity index (χ4n) is 2.27. The molecule has 146 valence electrons. The Morgan fingerprint density at radius 1 is 1.15 bits per heavy atom. The number of rotatable bonds is 8. The van der Waals surface area contributed by atoms with Crippen molar-refractivity contribution in [2.24, 2.45) is 5.14 Å². The van der Waals surface area contributed by atoms with Gasteiger partial charge in [-0.3, -0.25) is 4.79 Å². The molecule has 0 aromatic heterocycles. The molecule has 27 heavy (non-hydrogen) atoms. The summed E-state index contributed by atoms with van der Waals surface area (Å²) in [5.41, 5.74) is 0.926. The second kappa shape index (κ2) is 8.78. The smallest absolute Gasteiger partial charge is 0.387 e.